The molecule has 0 aliphatic rings. The molecule has 1 heterocycles. The Labute approximate surface area is 131 Å². The molecule has 0 radical (unpaired) electrons. The second-order valence-electron chi connectivity index (χ2n) is 5.22. The Morgan fingerprint density at radius 3 is 2.55 bits per heavy atom. The molecule has 1 unspecified atom stereocenters. The Hall–Kier alpha value is -2.43. The standard InChI is InChI=1S/C17H22N4O/c1-4-12(3)19-17-18-11-10-15(21-17)16(22)20-14-8-6-13(5-2)7-9-14/h6-12H,4-5H2,1-3H3,(H,20,22)(H,18,19,21). The van der Waals surface area contributed by atoms with E-state index >= 15 is 0 Å². The van der Waals surface area contributed by atoms with Gasteiger partial charge in [-0.3, -0.25) is 4.79 Å². The fraction of sp³-hybridized carbons (Fsp3) is 0.353. The van der Waals surface area contributed by atoms with E-state index < -0.39 is 0 Å². The lowest BCUT2D eigenvalue weighted by Crippen LogP contribution is -2.19. The third kappa shape index (κ3) is 4.28. The molecule has 2 aromatic rings. The average molecular weight is 298 g/mol. The van der Waals surface area contributed by atoms with Crippen LogP contribution in [-0.2, 0) is 6.42 Å². The Kier molecular flexibility index (Phi) is 5.47. The summed E-state index contributed by atoms with van der Waals surface area (Å²) in [6, 6.07) is 9.68. The zero-order valence-corrected chi connectivity index (χ0v) is 13.3. The maximum atomic E-state index is 12.2. The molecular formula is C17H22N4O. The van der Waals surface area contributed by atoms with Gasteiger partial charge in [-0.05, 0) is 43.5 Å². The highest BCUT2D eigenvalue weighted by Gasteiger charge is 2.10. The highest BCUT2D eigenvalue weighted by molar-refractivity contribution is 6.02. The molecule has 1 aromatic heterocycles. The number of amides is 1. The third-order valence-electron chi connectivity index (χ3n) is 3.50. The van der Waals surface area contributed by atoms with Gasteiger partial charge in [0.25, 0.3) is 5.91 Å². The first kappa shape index (κ1) is 15.9. The van der Waals surface area contributed by atoms with Crippen molar-refractivity contribution in [1.29, 1.82) is 0 Å². The van der Waals surface area contributed by atoms with Gasteiger partial charge in [-0.15, -0.1) is 0 Å². The van der Waals surface area contributed by atoms with Gasteiger partial charge in [0, 0.05) is 17.9 Å². The predicted molar refractivity (Wildman–Crippen MR) is 89.2 cm³/mol. The molecule has 1 aromatic carbocycles. The Morgan fingerprint density at radius 1 is 1.18 bits per heavy atom. The van der Waals surface area contributed by atoms with Crippen molar-refractivity contribution in [1.82, 2.24) is 9.97 Å². The quantitative estimate of drug-likeness (QED) is 0.856. The van der Waals surface area contributed by atoms with Crippen LogP contribution in [0, 0.1) is 0 Å². The Balaban J connectivity index is 2.06. The van der Waals surface area contributed by atoms with Crippen LogP contribution in [0.25, 0.3) is 0 Å². The lowest BCUT2D eigenvalue weighted by molar-refractivity contribution is 0.102. The van der Waals surface area contributed by atoms with Crippen LogP contribution in [-0.4, -0.2) is 21.9 Å². The van der Waals surface area contributed by atoms with E-state index in [2.05, 4.69) is 34.4 Å². The number of nitrogens with zero attached hydrogens (tertiary/aromatic N) is 2. The Morgan fingerprint density at radius 2 is 1.91 bits per heavy atom. The molecule has 0 spiro atoms. The van der Waals surface area contributed by atoms with E-state index in [4.69, 9.17) is 0 Å². The van der Waals surface area contributed by atoms with Crippen molar-refractivity contribution in [2.75, 3.05) is 10.6 Å². The van der Waals surface area contributed by atoms with Gasteiger partial charge in [0.15, 0.2) is 0 Å². The summed E-state index contributed by atoms with van der Waals surface area (Å²) in [5.41, 5.74) is 2.35. The number of anilines is 2. The monoisotopic (exact) mass is 298 g/mol. The van der Waals surface area contributed by atoms with Crippen LogP contribution in [0.1, 0.15) is 43.2 Å². The number of rotatable bonds is 6. The largest absolute Gasteiger partial charge is 0.352 e. The molecule has 2 N–H and O–H groups in total. The van der Waals surface area contributed by atoms with Gasteiger partial charge in [0.1, 0.15) is 5.69 Å². The molecule has 0 saturated heterocycles. The summed E-state index contributed by atoms with van der Waals surface area (Å²) in [5.74, 6) is 0.238. The highest BCUT2D eigenvalue weighted by atomic mass is 16.1. The zero-order chi connectivity index (χ0) is 15.9. The van der Waals surface area contributed by atoms with Gasteiger partial charge in [-0.1, -0.05) is 26.0 Å². The zero-order valence-electron chi connectivity index (χ0n) is 13.3. The normalized spacial score (nSPS) is 11.8. The molecular weight excluding hydrogens is 276 g/mol. The van der Waals surface area contributed by atoms with Gasteiger partial charge >= 0.3 is 0 Å². The lowest BCUT2D eigenvalue weighted by atomic mass is 10.1. The van der Waals surface area contributed by atoms with Gasteiger partial charge < -0.3 is 10.6 Å². The minimum atomic E-state index is -0.237. The molecule has 0 aliphatic carbocycles. The molecule has 2 rings (SSSR count). The van der Waals surface area contributed by atoms with Crippen LogP contribution in [0.3, 0.4) is 0 Å². The number of hydrogen-bond acceptors (Lipinski definition) is 4. The Bertz CT molecular complexity index is 625. The van der Waals surface area contributed by atoms with Crippen LogP contribution in [0.5, 0.6) is 0 Å². The lowest BCUT2D eigenvalue weighted by Gasteiger charge is -2.11. The molecule has 0 saturated carbocycles. The van der Waals surface area contributed by atoms with Crippen molar-refractivity contribution >= 4 is 17.5 Å². The van der Waals surface area contributed by atoms with Crippen molar-refractivity contribution in [2.45, 2.75) is 39.7 Å². The van der Waals surface area contributed by atoms with Gasteiger partial charge in [-0.25, -0.2) is 9.97 Å². The minimum absolute atomic E-state index is 0.237. The van der Waals surface area contributed by atoms with Crippen molar-refractivity contribution in [3.05, 3.63) is 47.8 Å². The number of aryl methyl sites for hydroxylation is 1. The first-order chi connectivity index (χ1) is 10.6. The number of benzene rings is 1. The van der Waals surface area contributed by atoms with Crippen LogP contribution < -0.4 is 10.6 Å². The first-order valence-corrected chi connectivity index (χ1v) is 7.62. The maximum Gasteiger partial charge on any atom is 0.274 e. The number of aromatic nitrogens is 2. The molecule has 116 valence electrons. The SMILES string of the molecule is CCc1ccc(NC(=O)c2ccnc(NC(C)CC)n2)cc1. The molecule has 5 heteroatoms. The molecule has 5 nitrogen and oxygen atoms in total. The van der Waals surface area contributed by atoms with Crippen molar-refractivity contribution in [3.63, 3.8) is 0 Å². The summed E-state index contributed by atoms with van der Waals surface area (Å²) in [5, 5.41) is 6.01. The summed E-state index contributed by atoms with van der Waals surface area (Å²) in [4.78, 5) is 20.6. The van der Waals surface area contributed by atoms with E-state index in [0.717, 1.165) is 18.5 Å². The molecule has 0 fully saturated rings. The molecule has 0 aliphatic heterocycles. The van der Waals surface area contributed by atoms with Crippen molar-refractivity contribution in [2.24, 2.45) is 0 Å². The van der Waals surface area contributed by atoms with Gasteiger partial charge in [-0.2, -0.15) is 0 Å². The van der Waals surface area contributed by atoms with Crippen molar-refractivity contribution in [3.8, 4) is 0 Å². The molecule has 1 amide bonds. The molecule has 22 heavy (non-hydrogen) atoms. The molecule has 1 atom stereocenters. The topological polar surface area (TPSA) is 66.9 Å². The fourth-order valence-electron chi connectivity index (χ4n) is 1.90. The summed E-state index contributed by atoms with van der Waals surface area (Å²) in [6.45, 7) is 6.22. The predicted octanol–water partition coefficient (Wildman–Crippen LogP) is 3.50. The number of carbonyl (C=O) groups is 1. The second-order valence-corrected chi connectivity index (χ2v) is 5.22. The van der Waals surface area contributed by atoms with Gasteiger partial charge in [0.2, 0.25) is 5.95 Å². The summed E-state index contributed by atoms with van der Waals surface area (Å²) < 4.78 is 0. The van der Waals surface area contributed by atoms with E-state index in [1.807, 2.05) is 31.2 Å². The van der Waals surface area contributed by atoms with E-state index in [1.165, 1.54) is 5.56 Å². The van der Waals surface area contributed by atoms with Crippen molar-refractivity contribution < 1.29 is 4.79 Å². The van der Waals surface area contributed by atoms with Crippen LogP contribution >= 0.6 is 0 Å². The van der Waals surface area contributed by atoms with Gasteiger partial charge in [0.05, 0.1) is 0 Å². The first-order valence-electron chi connectivity index (χ1n) is 7.62. The minimum Gasteiger partial charge on any atom is -0.352 e. The molecule has 0 bridgehead atoms. The third-order valence-corrected chi connectivity index (χ3v) is 3.50. The fourth-order valence-corrected chi connectivity index (χ4v) is 1.90. The highest BCUT2D eigenvalue weighted by Crippen LogP contribution is 2.12. The van der Waals surface area contributed by atoms with E-state index in [-0.39, 0.29) is 11.9 Å². The van der Waals surface area contributed by atoms with Crippen LogP contribution in [0.4, 0.5) is 11.6 Å². The van der Waals surface area contributed by atoms with E-state index in [9.17, 15) is 4.79 Å². The number of hydrogen-bond donors (Lipinski definition) is 2. The maximum absolute atomic E-state index is 12.2. The van der Waals surface area contributed by atoms with E-state index in [1.54, 1.807) is 12.3 Å². The second kappa shape index (κ2) is 7.54. The number of nitrogens with one attached hydrogen (secondary N) is 2. The summed E-state index contributed by atoms with van der Waals surface area (Å²) in [7, 11) is 0. The smallest absolute Gasteiger partial charge is 0.274 e. The summed E-state index contributed by atoms with van der Waals surface area (Å²) in [6.07, 6.45) is 3.53. The average Bonchev–Trinajstić information content (AvgIpc) is 2.55. The summed E-state index contributed by atoms with van der Waals surface area (Å²) >= 11 is 0. The van der Waals surface area contributed by atoms with Crippen LogP contribution in [0.2, 0.25) is 0 Å². The number of carbonyl (C=O) groups excluding carboxylic acids is 1. The van der Waals surface area contributed by atoms with E-state index in [0.29, 0.717) is 11.6 Å². The van der Waals surface area contributed by atoms with Crippen LogP contribution in [0.15, 0.2) is 36.5 Å².